The number of carbonyl (C=O) groups is 1. The van der Waals surface area contributed by atoms with Gasteiger partial charge in [0.25, 0.3) is 0 Å². The lowest BCUT2D eigenvalue weighted by Crippen LogP contribution is -2.37. The fourth-order valence-electron chi connectivity index (χ4n) is 6.37. The van der Waals surface area contributed by atoms with Crippen LogP contribution in [0.15, 0.2) is 84.2 Å². The van der Waals surface area contributed by atoms with Gasteiger partial charge in [0.1, 0.15) is 5.69 Å². The number of aliphatic hydroxyl groups excluding tert-OH is 1. The van der Waals surface area contributed by atoms with Crippen molar-refractivity contribution in [3.8, 4) is 11.5 Å². The molecule has 1 amide bonds. The fraction of sp³-hybridized carbons (Fsp3) is 0.343. The largest absolute Gasteiger partial charge is 0.394 e. The van der Waals surface area contributed by atoms with Gasteiger partial charge in [0.2, 0.25) is 5.91 Å². The van der Waals surface area contributed by atoms with E-state index in [1.165, 1.54) is 12.8 Å². The Bertz CT molecular complexity index is 1620. The summed E-state index contributed by atoms with van der Waals surface area (Å²) in [7, 11) is 0. The van der Waals surface area contributed by atoms with Gasteiger partial charge in [-0.2, -0.15) is 0 Å². The quantitative estimate of drug-likeness (QED) is 0.178. The van der Waals surface area contributed by atoms with Gasteiger partial charge >= 0.3 is 0 Å². The number of aliphatic hydroxyl groups is 1. The molecule has 0 radical (unpaired) electrons. The van der Waals surface area contributed by atoms with Crippen LogP contribution in [0, 0.1) is 12.8 Å². The monoisotopic (exact) mass is 578 g/mol. The summed E-state index contributed by atoms with van der Waals surface area (Å²) in [5, 5.41) is 16.4. The van der Waals surface area contributed by atoms with Crippen molar-refractivity contribution < 1.29 is 9.90 Å². The Hall–Kier alpha value is -3.81. The third-order valence-electron chi connectivity index (χ3n) is 8.54. The highest BCUT2D eigenvalue weighted by molar-refractivity contribution is 7.09. The molecule has 0 bridgehead atoms. The molecule has 42 heavy (non-hydrogen) atoms. The molecule has 2 heterocycles. The zero-order valence-electron chi connectivity index (χ0n) is 24.1. The standard InChI is InChI=1S/C35H38N4O2S/c1-24-36-31(23-42-24)34-37-29-15-9-10-16-32(29)39(34)21-25-17-19-28(20-18-25)33(27-13-5-2-3-6-14-27)35(41)38-30(22-40)26-11-7-4-8-12-26/h4,7-12,15-20,23,27,30,33,40H,2-3,5-6,13-14,21-22H2,1H3,(H,38,41)/t30-,33-/m0/s1. The minimum Gasteiger partial charge on any atom is -0.394 e. The molecule has 0 unspecified atom stereocenters. The number of thiazole rings is 1. The summed E-state index contributed by atoms with van der Waals surface area (Å²) in [6, 6.07) is 26.1. The first-order valence-corrected chi connectivity index (χ1v) is 15.9. The number of amides is 1. The van der Waals surface area contributed by atoms with E-state index in [9.17, 15) is 9.90 Å². The summed E-state index contributed by atoms with van der Waals surface area (Å²) in [6.45, 7) is 2.54. The molecule has 216 valence electrons. The fourth-order valence-corrected chi connectivity index (χ4v) is 6.96. The second kappa shape index (κ2) is 13.0. The Morgan fingerprint density at radius 1 is 0.929 bits per heavy atom. The van der Waals surface area contributed by atoms with Crippen LogP contribution in [0.1, 0.15) is 72.2 Å². The Labute approximate surface area is 251 Å². The topological polar surface area (TPSA) is 80.0 Å². The zero-order chi connectivity index (χ0) is 28.9. The summed E-state index contributed by atoms with van der Waals surface area (Å²) in [6.07, 6.45) is 6.86. The van der Waals surface area contributed by atoms with E-state index < -0.39 is 6.04 Å². The van der Waals surface area contributed by atoms with Crippen LogP contribution in [-0.4, -0.2) is 32.2 Å². The summed E-state index contributed by atoms with van der Waals surface area (Å²) < 4.78 is 2.24. The van der Waals surface area contributed by atoms with Gasteiger partial charge in [-0.3, -0.25) is 4.79 Å². The van der Waals surface area contributed by atoms with Crippen LogP contribution in [0.25, 0.3) is 22.6 Å². The molecule has 0 aliphatic heterocycles. The highest BCUT2D eigenvalue weighted by atomic mass is 32.1. The van der Waals surface area contributed by atoms with Gasteiger partial charge in [0.05, 0.1) is 34.6 Å². The van der Waals surface area contributed by atoms with Crippen LogP contribution in [0.4, 0.5) is 0 Å². The lowest BCUT2D eigenvalue weighted by molar-refractivity contribution is -0.125. The number of rotatable bonds is 9. The van der Waals surface area contributed by atoms with E-state index >= 15 is 0 Å². The number of aromatic nitrogens is 3. The predicted molar refractivity (Wildman–Crippen MR) is 169 cm³/mol. The van der Waals surface area contributed by atoms with Crippen molar-refractivity contribution >= 4 is 28.3 Å². The molecule has 1 aliphatic carbocycles. The number of carbonyl (C=O) groups excluding carboxylic acids is 1. The maximum atomic E-state index is 13.9. The third kappa shape index (κ3) is 6.18. The SMILES string of the molecule is Cc1nc(-c2nc3ccccc3n2Cc2ccc([C@@H](C(=O)N[C@@H](CO)c3ccccc3)C3CCCCCC3)cc2)cs1. The van der Waals surface area contributed by atoms with Crippen LogP contribution in [0.2, 0.25) is 0 Å². The van der Waals surface area contributed by atoms with E-state index in [0.717, 1.165) is 69.9 Å². The van der Waals surface area contributed by atoms with Crippen molar-refractivity contribution in [1.82, 2.24) is 19.9 Å². The van der Waals surface area contributed by atoms with Crippen molar-refractivity contribution in [3.05, 3.63) is 106 Å². The number of hydrogen-bond donors (Lipinski definition) is 2. The first-order valence-electron chi connectivity index (χ1n) is 15.0. The molecule has 1 aliphatic rings. The van der Waals surface area contributed by atoms with E-state index in [4.69, 9.17) is 9.97 Å². The predicted octanol–water partition coefficient (Wildman–Crippen LogP) is 7.42. The first-order chi connectivity index (χ1) is 20.6. The number of fused-ring (bicyclic) bond motifs is 1. The van der Waals surface area contributed by atoms with Crippen LogP contribution in [-0.2, 0) is 11.3 Å². The van der Waals surface area contributed by atoms with Crippen molar-refractivity contribution in [2.45, 2.75) is 64.0 Å². The minimum atomic E-state index is -0.423. The van der Waals surface area contributed by atoms with Gasteiger partial charge in [-0.15, -0.1) is 11.3 Å². The van der Waals surface area contributed by atoms with Crippen LogP contribution >= 0.6 is 11.3 Å². The number of benzene rings is 3. The minimum absolute atomic E-state index is 0.000607. The van der Waals surface area contributed by atoms with Gasteiger partial charge in [-0.1, -0.05) is 92.4 Å². The second-order valence-corrected chi connectivity index (χ2v) is 12.4. The smallest absolute Gasteiger partial charge is 0.228 e. The van der Waals surface area contributed by atoms with E-state index in [2.05, 4.69) is 45.6 Å². The number of aryl methyl sites for hydroxylation is 1. The highest BCUT2D eigenvalue weighted by Gasteiger charge is 2.32. The Balaban J connectivity index is 1.29. The highest BCUT2D eigenvalue weighted by Crippen LogP contribution is 2.36. The summed E-state index contributed by atoms with van der Waals surface area (Å²) in [4.78, 5) is 23.6. The Kier molecular flexibility index (Phi) is 8.77. The lowest BCUT2D eigenvalue weighted by atomic mass is 9.80. The van der Waals surface area contributed by atoms with E-state index in [-0.39, 0.29) is 24.3 Å². The molecule has 7 heteroatoms. The van der Waals surface area contributed by atoms with Crippen molar-refractivity contribution in [2.24, 2.45) is 5.92 Å². The molecule has 0 spiro atoms. The van der Waals surface area contributed by atoms with E-state index in [1.807, 2.05) is 55.5 Å². The average molecular weight is 579 g/mol. The van der Waals surface area contributed by atoms with E-state index in [1.54, 1.807) is 11.3 Å². The van der Waals surface area contributed by atoms with Crippen LogP contribution < -0.4 is 5.32 Å². The molecule has 3 aromatic carbocycles. The van der Waals surface area contributed by atoms with Crippen molar-refractivity contribution in [2.75, 3.05) is 6.61 Å². The third-order valence-corrected chi connectivity index (χ3v) is 9.31. The van der Waals surface area contributed by atoms with Gasteiger partial charge in [-0.25, -0.2) is 9.97 Å². The van der Waals surface area contributed by atoms with E-state index in [0.29, 0.717) is 6.54 Å². The molecular formula is C35H38N4O2S. The van der Waals surface area contributed by atoms with Crippen LogP contribution in [0.5, 0.6) is 0 Å². The number of nitrogens with one attached hydrogen (secondary N) is 1. The molecule has 0 saturated heterocycles. The molecular weight excluding hydrogens is 540 g/mol. The molecule has 5 aromatic rings. The zero-order valence-corrected chi connectivity index (χ0v) is 24.9. The molecule has 2 N–H and O–H groups in total. The molecule has 6 rings (SSSR count). The maximum Gasteiger partial charge on any atom is 0.228 e. The molecule has 1 saturated carbocycles. The molecule has 2 aromatic heterocycles. The van der Waals surface area contributed by atoms with Crippen LogP contribution in [0.3, 0.4) is 0 Å². The maximum absolute atomic E-state index is 13.9. The van der Waals surface area contributed by atoms with Gasteiger partial charge in [0.15, 0.2) is 5.82 Å². The van der Waals surface area contributed by atoms with Gasteiger partial charge in [0, 0.05) is 11.9 Å². The molecule has 2 atom stereocenters. The number of hydrogen-bond acceptors (Lipinski definition) is 5. The number of imidazole rings is 1. The summed E-state index contributed by atoms with van der Waals surface area (Å²) in [5.41, 5.74) is 6.03. The van der Waals surface area contributed by atoms with Gasteiger partial charge in [-0.05, 0) is 54.5 Å². The molecule has 1 fully saturated rings. The first kappa shape index (κ1) is 28.3. The average Bonchev–Trinajstić information content (AvgIpc) is 3.50. The second-order valence-electron chi connectivity index (χ2n) is 11.4. The summed E-state index contributed by atoms with van der Waals surface area (Å²) in [5.74, 6) is 0.902. The molecule has 6 nitrogen and oxygen atoms in total. The van der Waals surface area contributed by atoms with Crippen molar-refractivity contribution in [3.63, 3.8) is 0 Å². The van der Waals surface area contributed by atoms with Gasteiger partial charge < -0.3 is 15.0 Å². The Morgan fingerprint density at radius 3 is 2.33 bits per heavy atom. The Morgan fingerprint density at radius 2 is 1.64 bits per heavy atom. The summed E-state index contributed by atoms with van der Waals surface area (Å²) >= 11 is 1.63. The van der Waals surface area contributed by atoms with Crippen molar-refractivity contribution in [1.29, 1.82) is 0 Å². The number of nitrogens with zero attached hydrogens (tertiary/aromatic N) is 3. The number of para-hydroxylation sites is 2. The lowest BCUT2D eigenvalue weighted by Gasteiger charge is -2.28. The normalized spacial score (nSPS) is 15.8.